The van der Waals surface area contributed by atoms with Crippen molar-refractivity contribution in [1.29, 1.82) is 0 Å². The number of hydrogen-bond donors (Lipinski definition) is 0. The van der Waals surface area contributed by atoms with Gasteiger partial charge in [-0.15, -0.1) is 0 Å². The molecule has 0 saturated heterocycles. The Morgan fingerprint density at radius 3 is 2.45 bits per heavy atom. The van der Waals surface area contributed by atoms with Gasteiger partial charge in [-0.1, -0.05) is 42.5 Å². The largest absolute Gasteiger partial charge is 0.455 e. The van der Waals surface area contributed by atoms with Crippen LogP contribution < -0.4 is 4.74 Å². The third-order valence-corrected chi connectivity index (χ3v) is 4.25. The maximum absolute atomic E-state index is 12.5. The normalized spacial score (nSPS) is 10.2. The Balaban J connectivity index is 1.62. The average molecular weight is 390 g/mol. The van der Waals surface area contributed by atoms with Crippen LogP contribution in [0, 0.1) is 0 Å². The van der Waals surface area contributed by atoms with Crippen molar-refractivity contribution in [2.24, 2.45) is 0 Å². The van der Waals surface area contributed by atoms with Crippen molar-refractivity contribution in [2.75, 3.05) is 13.2 Å². The Kier molecular flexibility index (Phi) is 6.95. The molecule has 0 aliphatic rings. The molecule has 148 valence electrons. The number of para-hydroxylation sites is 1. The second-order valence-corrected chi connectivity index (χ2v) is 6.26. The van der Waals surface area contributed by atoms with E-state index in [0.29, 0.717) is 24.6 Å². The Morgan fingerprint density at radius 1 is 0.966 bits per heavy atom. The van der Waals surface area contributed by atoms with Gasteiger partial charge in [-0.05, 0) is 36.8 Å². The van der Waals surface area contributed by atoms with E-state index in [0.717, 1.165) is 5.56 Å². The quantitative estimate of drug-likeness (QED) is 0.542. The van der Waals surface area contributed by atoms with Gasteiger partial charge in [-0.3, -0.25) is 9.78 Å². The smallest absolute Gasteiger partial charge is 0.342 e. The number of hydrogen-bond acceptors (Lipinski definition) is 5. The highest BCUT2D eigenvalue weighted by molar-refractivity contribution is 5.94. The summed E-state index contributed by atoms with van der Waals surface area (Å²) in [5.41, 5.74) is 1.26. The SMILES string of the molecule is CCN(Cc1ccccc1)C(=O)COC(=O)c1ccccc1Oc1cccnc1. The van der Waals surface area contributed by atoms with Gasteiger partial charge < -0.3 is 14.4 Å². The Morgan fingerprint density at radius 2 is 1.72 bits per heavy atom. The van der Waals surface area contributed by atoms with E-state index in [2.05, 4.69) is 4.98 Å². The number of pyridine rings is 1. The Hall–Kier alpha value is -3.67. The zero-order valence-electron chi connectivity index (χ0n) is 16.2. The topological polar surface area (TPSA) is 68.7 Å². The number of esters is 1. The predicted octanol–water partition coefficient (Wildman–Crippen LogP) is 4.08. The van der Waals surface area contributed by atoms with Crippen molar-refractivity contribution in [3.63, 3.8) is 0 Å². The second-order valence-electron chi connectivity index (χ2n) is 6.26. The highest BCUT2D eigenvalue weighted by Crippen LogP contribution is 2.25. The van der Waals surface area contributed by atoms with Crippen LogP contribution >= 0.6 is 0 Å². The van der Waals surface area contributed by atoms with Gasteiger partial charge in [0.05, 0.1) is 6.20 Å². The van der Waals surface area contributed by atoms with Gasteiger partial charge in [-0.25, -0.2) is 4.79 Å². The lowest BCUT2D eigenvalue weighted by atomic mass is 10.2. The number of benzene rings is 2. The molecule has 6 nitrogen and oxygen atoms in total. The first-order chi connectivity index (χ1) is 14.2. The number of aromatic nitrogens is 1. The number of amides is 1. The summed E-state index contributed by atoms with van der Waals surface area (Å²) in [6.45, 7) is 2.54. The molecule has 0 spiro atoms. The molecule has 0 aliphatic heterocycles. The van der Waals surface area contributed by atoms with Crippen LogP contribution in [0.3, 0.4) is 0 Å². The summed E-state index contributed by atoms with van der Waals surface area (Å²) in [4.78, 5) is 30.7. The van der Waals surface area contributed by atoms with E-state index < -0.39 is 5.97 Å². The maximum atomic E-state index is 12.5. The monoisotopic (exact) mass is 390 g/mol. The number of likely N-dealkylation sites (N-methyl/N-ethyl adjacent to an activating group) is 1. The summed E-state index contributed by atoms with van der Waals surface area (Å²) in [6, 6.07) is 19.9. The minimum atomic E-state index is -0.617. The number of rotatable bonds is 8. The minimum absolute atomic E-state index is 0.246. The van der Waals surface area contributed by atoms with Crippen LogP contribution in [0.25, 0.3) is 0 Å². The summed E-state index contributed by atoms with van der Waals surface area (Å²) in [5, 5.41) is 0. The summed E-state index contributed by atoms with van der Waals surface area (Å²) < 4.78 is 11.0. The van der Waals surface area contributed by atoms with Crippen LogP contribution in [0.2, 0.25) is 0 Å². The third kappa shape index (κ3) is 5.65. The van der Waals surface area contributed by atoms with Gasteiger partial charge in [0.25, 0.3) is 5.91 Å². The summed E-state index contributed by atoms with van der Waals surface area (Å²) in [6.07, 6.45) is 3.18. The molecule has 0 atom stereocenters. The highest BCUT2D eigenvalue weighted by atomic mass is 16.5. The second kappa shape index (κ2) is 10.0. The van der Waals surface area contributed by atoms with Crippen molar-refractivity contribution < 1.29 is 19.1 Å². The lowest BCUT2D eigenvalue weighted by Crippen LogP contribution is -2.34. The molecular formula is C23H22N2O4. The molecule has 3 aromatic rings. The first-order valence-corrected chi connectivity index (χ1v) is 9.33. The fraction of sp³-hybridized carbons (Fsp3) is 0.174. The Bertz CT molecular complexity index is 945. The number of nitrogens with zero attached hydrogens (tertiary/aromatic N) is 2. The summed E-state index contributed by atoms with van der Waals surface area (Å²) >= 11 is 0. The summed E-state index contributed by atoms with van der Waals surface area (Å²) in [5.74, 6) is -0.0256. The lowest BCUT2D eigenvalue weighted by Gasteiger charge is -2.21. The van der Waals surface area contributed by atoms with E-state index in [1.54, 1.807) is 53.7 Å². The zero-order valence-corrected chi connectivity index (χ0v) is 16.2. The van der Waals surface area contributed by atoms with E-state index in [-0.39, 0.29) is 18.1 Å². The first-order valence-electron chi connectivity index (χ1n) is 9.33. The molecule has 0 aliphatic carbocycles. The van der Waals surface area contributed by atoms with Gasteiger partial charge in [0.15, 0.2) is 6.61 Å². The van der Waals surface area contributed by atoms with Gasteiger partial charge >= 0.3 is 5.97 Å². The molecule has 0 bridgehead atoms. The molecule has 29 heavy (non-hydrogen) atoms. The molecule has 3 rings (SSSR count). The van der Waals surface area contributed by atoms with Crippen LogP contribution in [0.1, 0.15) is 22.8 Å². The number of ether oxygens (including phenoxy) is 2. The van der Waals surface area contributed by atoms with E-state index in [1.807, 2.05) is 37.3 Å². The van der Waals surface area contributed by atoms with Crippen molar-refractivity contribution >= 4 is 11.9 Å². The molecule has 0 radical (unpaired) electrons. The van der Waals surface area contributed by atoms with Crippen molar-refractivity contribution in [3.8, 4) is 11.5 Å². The average Bonchev–Trinajstić information content (AvgIpc) is 2.77. The summed E-state index contributed by atoms with van der Waals surface area (Å²) in [7, 11) is 0. The van der Waals surface area contributed by atoms with Gasteiger partial charge in [-0.2, -0.15) is 0 Å². The standard InChI is InChI=1S/C23H22N2O4/c1-2-25(16-18-9-4-3-5-10-18)22(26)17-28-23(27)20-12-6-7-13-21(20)29-19-11-8-14-24-15-19/h3-15H,2,16-17H2,1H3. The molecule has 0 N–H and O–H groups in total. The first kappa shape index (κ1) is 20.1. The molecule has 0 saturated carbocycles. The number of carbonyl (C=O) groups is 2. The maximum Gasteiger partial charge on any atom is 0.342 e. The van der Waals surface area contributed by atoms with Crippen LogP contribution in [0.15, 0.2) is 79.1 Å². The molecule has 1 amide bonds. The fourth-order valence-electron chi connectivity index (χ4n) is 2.74. The van der Waals surface area contributed by atoms with Crippen molar-refractivity contribution in [2.45, 2.75) is 13.5 Å². The van der Waals surface area contributed by atoms with Crippen molar-refractivity contribution in [3.05, 3.63) is 90.3 Å². The van der Waals surface area contributed by atoms with Crippen LogP contribution in [0.5, 0.6) is 11.5 Å². The minimum Gasteiger partial charge on any atom is -0.455 e. The third-order valence-electron chi connectivity index (χ3n) is 4.25. The number of carbonyl (C=O) groups excluding carboxylic acids is 2. The van der Waals surface area contributed by atoms with Crippen LogP contribution in [0.4, 0.5) is 0 Å². The molecule has 2 aromatic carbocycles. The zero-order chi connectivity index (χ0) is 20.5. The van der Waals surface area contributed by atoms with E-state index in [1.165, 1.54) is 0 Å². The molecule has 1 heterocycles. The van der Waals surface area contributed by atoms with E-state index in [4.69, 9.17) is 9.47 Å². The van der Waals surface area contributed by atoms with Crippen molar-refractivity contribution in [1.82, 2.24) is 9.88 Å². The molecule has 0 fully saturated rings. The van der Waals surface area contributed by atoms with Crippen LogP contribution in [-0.2, 0) is 16.1 Å². The van der Waals surface area contributed by atoms with Gasteiger partial charge in [0.1, 0.15) is 17.1 Å². The van der Waals surface area contributed by atoms with E-state index in [9.17, 15) is 9.59 Å². The van der Waals surface area contributed by atoms with Crippen LogP contribution in [-0.4, -0.2) is 34.9 Å². The fourth-order valence-corrected chi connectivity index (χ4v) is 2.74. The predicted molar refractivity (Wildman–Crippen MR) is 109 cm³/mol. The van der Waals surface area contributed by atoms with Gasteiger partial charge in [0.2, 0.25) is 0 Å². The Labute approximate surface area is 169 Å². The van der Waals surface area contributed by atoms with E-state index >= 15 is 0 Å². The highest BCUT2D eigenvalue weighted by Gasteiger charge is 2.18. The lowest BCUT2D eigenvalue weighted by molar-refractivity contribution is -0.134. The molecule has 6 heteroatoms. The van der Waals surface area contributed by atoms with Gasteiger partial charge in [0, 0.05) is 19.3 Å². The molecule has 1 aromatic heterocycles. The molecule has 0 unspecified atom stereocenters. The molecular weight excluding hydrogens is 368 g/mol.